The minimum atomic E-state index is -0.550. The Morgan fingerprint density at radius 3 is 2.57 bits per heavy atom. The third kappa shape index (κ3) is 6.88. The number of likely N-dealkylation sites (tertiary alicyclic amines) is 2. The Labute approximate surface area is 187 Å². The summed E-state index contributed by atoms with van der Waals surface area (Å²) in [6.45, 7) is 11.3. The lowest BCUT2D eigenvalue weighted by molar-refractivity contribution is 0.186. The molecule has 28 heavy (non-hydrogen) atoms. The summed E-state index contributed by atoms with van der Waals surface area (Å²) in [5.41, 5.74) is 2.14. The minimum absolute atomic E-state index is 0. The van der Waals surface area contributed by atoms with Crippen LogP contribution in [0.15, 0.2) is 29.3 Å². The number of guanidine groups is 1. The van der Waals surface area contributed by atoms with Crippen LogP contribution < -0.4 is 5.32 Å². The Kier molecular flexibility index (Phi) is 10.0. The topological polar surface area (TPSA) is 51.1 Å². The second kappa shape index (κ2) is 12.0. The quantitative estimate of drug-likeness (QED) is 0.357. The van der Waals surface area contributed by atoms with Crippen LogP contribution in [0.4, 0.5) is 0 Å². The molecule has 2 fully saturated rings. The zero-order chi connectivity index (χ0) is 19.1. The van der Waals surface area contributed by atoms with Gasteiger partial charge in [-0.05, 0) is 57.7 Å². The molecule has 158 valence electrons. The van der Waals surface area contributed by atoms with Gasteiger partial charge in [0.1, 0.15) is 0 Å². The van der Waals surface area contributed by atoms with Crippen molar-refractivity contribution in [3.8, 4) is 0 Å². The molecule has 0 saturated carbocycles. The molecule has 2 heterocycles. The van der Waals surface area contributed by atoms with Gasteiger partial charge in [0, 0.05) is 26.2 Å². The van der Waals surface area contributed by atoms with E-state index in [1.54, 1.807) is 0 Å². The van der Waals surface area contributed by atoms with E-state index in [1.807, 2.05) is 24.3 Å². The Balaban J connectivity index is 0.00000280. The van der Waals surface area contributed by atoms with Gasteiger partial charge in [0.05, 0.1) is 12.6 Å². The molecule has 5 nitrogen and oxygen atoms in total. The third-order valence-corrected chi connectivity index (χ3v) is 5.76. The number of rotatable bonds is 6. The highest BCUT2D eigenvalue weighted by molar-refractivity contribution is 14.0. The molecule has 2 aliphatic rings. The highest BCUT2D eigenvalue weighted by Gasteiger charge is 2.27. The molecule has 0 amide bonds. The summed E-state index contributed by atoms with van der Waals surface area (Å²) in [6.07, 6.45) is 4.80. The number of aryl methyl sites for hydroxylation is 1. The molecule has 2 atom stereocenters. The predicted molar refractivity (Wildman–Crippen MR) is 128 cm³/mol. The minimum Gasteiger partial charge on any atom is -0.386 e. The van der Waals surface area contributed by atoms with Gasteiger partial charge >= 0.3 is 0 Å². The number of nitrogens with one attached hydrogen (secondary N) is 1. The lowest BCUT2D eigenvalue weighted by atomic mass is 10.1. The third-order valence-electron chi connectivity index (χ3n) is 5.76. The smallest absolute Gasteiger partial charge is 0.194 e. The Morgan fingerprint density at radius 1 is 1.18 bits per heavy atom. The lowest BCUT2D eigenvalue weighted by Gasteiger charge is -2.29. The van der Waals surface area contributed by atoms with E-state index in [2.05, 4.69) is 29.0 Å². The predicted octanol–water partition coefficient (Wildman–Crippen LogP) is 3.42. The van der Waals surface area contributed by atoms with Crippen LogP contribution in [-0.4, -0.2) is 66.7 Å². The van der Waals surface area contributed by atoms with Crippen LogP contribution in [0, 0.1) is 12.8 Å². The first kappa shape index (κ1) is 23.4. The lowest BCUT2D eigenvalue weighted by Crippen LogP contribution is -2.41. The van der Waals surface area contributed by atoms with Crippen LogP contribution in [-0.2, 0) is 0 Å². The standard InChI is InChI=1S/C22H36N4O.HI/c1-3-23-22(24-15-21(27)20-9-7-18(2)8-10-20)26-14-11-19(17-26)16-25-12-5-4-6-13-25;/h7-10,19,21,27H,3-6,11-17H2,1-2H3,(H,23,24);1H. The molecule has 0 radical (unpaired) electrons. The Morgan fingerprint density at radius 2 is 1.89 bits per heavy atom. The van der Waals surface area contributed by atoms with Gasteiger partial charge in [-0.25, -0.2) is 0 Å². The van der Waals surface area contributed by atoms with E-state index in [0.717, 1.165) is 37.1 Å². The molecule has 6 heteroatoms. The maximum absolute atomic E-state index is 10.5. The maximum atomic E-state index is 10.5. The molecule has 2 saturated heterocycles. The van der Waals surface area contributed by atoms with Crippen molar-refractivity contribution in [3.63, 3.8) is 0 Å². The molecule has 0 aromatic heterocycles. The first-order chi connectivity index (χ1) is 13.2. The van der Waals surface area contributed by atoms with Gasteiger partial charge in [-0.3, -0.25) is 4.99 Å². The first-order valence-electron chi connectivity index (χ1n) is 10.7. The summed E-state index contributed by atoms with van der Waals surface area (Å²) in [7, 11) is 0. The number of nitrogens with zero attached hydrogens (tertiary/aromatic N) is 3. The van der Waals surface area contributed by atoms with Gasteiger partial charge in [0.15, 0.2) is 5.96 Å². The number of aliphatic imine (C=N–C) groups is 1. The van der Waals surface area contributed by atoms with Gasteiger partial charge in [-0.1, -0.05) is 36.2 Å². The van der Waals surface area contributed by atoms with Crippen LogP contribution in [0.25, 0.3) is 0 Å². The van der Waals surface area contributed by atoms with Crippen LogP contribution >= 0.6 is 24.0 Å². The summed E-state index contributed by atoms with van der Waals surface area (Å²) < 4.78 is 0. The fourth-order valence-electron chi connectivity index (χ4n) is 4.17. The van der Waals surface area contributed by atoms with Crippen molar-refractivity contribution in [2.24, 2.45) is 10.9 Å². The van der Waals surface area contributed by atoms with Crippen molar-refractivity contribution < 1.29 is 5.11 Å². The Hall–Kier alpha value is -0.860. The average molecular weight is 500 g/mol. The van der Waals surface area contributed by atoms with Crippen LogP contribution in [0.3, 0.4) is 0 Å². The number of aliphatic hydroxyl groups is 1. The number of benzene rings is 1. The number of hydrogen-bond acceptors (Lipinski definition) is 3. The molecule has 3 rings (SSSR count). The summed E-state index contributed by atoms with van der Waals surface area (Å²) in [5.74, 6) is 1.68. The highest BCUT2D eigenvalue weighted by Crippen LogP contribution is 2.20. The molecule has 0 aliphatic carbocycles. The molecule has 2 aliphatic heterocycles. The molecule has 0 spiro atoms. The maximum Gasteiger partial charge on any atom is 0.194 e. The van der Waals surface area contributed by atoms with E-state index in [1.165, 1.54) is 50.9 Å². The van der Waals surface area contributed by atoms with E-state index in [9.17, 15) is 5.11 Å². The fraction of sp³-hybridized carbons (Fsp3) is 0.682. The summed E-state index contributed by atoms with van der Waals surface area (Å²) >= 11 is 0. The van der Waals surface area contributed by atoms with Crippen molar-refractivity contribution in [2.75, 3.05) is 45.8 Å². The van der Waals surface area contributed by atoms with Crippen LogP contribution in [0.5, 0.6) is 0 Å². The number of hydrogen-bond donors (Lipinski definition) is 2. The van der Waals surface area contributed by atoms with Crippen molar-refractivity contribution in [1.82, 2.24) is 15.1 Å². The molecular weight excluding hydrogens is 463 g/mol. The van der Waals surface area contributed by atoms with Gasteiger partial charge < -0.3 is 20.2 Å². The zero-order valence-electron chi connectivity index (χ0n) is 17.4. The summed E-state index contributed by atoms with van der Waals surface area (Å²) in [5, 5.41) is 13.9. The molecule has 2 N–H and O–H groups in total. The van der Waals surface area contributed by atoms with E-state index < -0.39 is 6.10 Å². The van der Waals surface area contributed by atoms with E-state index >= 15 is 0 Å². The number of halogens is 1. The molecule has 2 unspecified atom stereocenters. The SMILES string of the molecule is CCNC(=NCC(O)c1ccc(C)cc1)N1CCC(CN2CCCCC2)C1.I. The van der Waals surface area contributed by atoms with E-state index in [-0.39, 0.29) is 24.0 Å². The zero-order valence-corrected chi connectivity index (χ0v) is 19.8. The molecule has 0 bridgehead atoms. The van der Waals surface area contributed by atoms with Gasteiger partial charge in [-0.2, -0.15) is 0 Å². The van der Waals surface area contributed by atoms with Gasteiger partial charge in [0.25, 0.3) is 0 Å². The molecule has 1 aromatic carbocycles. The second-order valence-electron chi connectivity index (χ2n) is 8.08. The fourth-order valence-corrected chi connectivity index (χ4v) is 4.17. The summed E-state index contributed by atoms with van der Waals surface area (Å²) in [4.78, 5) is 9.76. The highest BCUT2D eigenvalue weighted by atomic mass is 127. The van der Waals surface area contributed by atoms with Crippen molar-refractivity contribution in [3.05, 3.63) is 35.4 Å². The van der Waals surface area contributed by atoms with Gasteiger partial charge in [-0.15, -0.1) is 24.0 Å². The monoisotopic (exact) mass is 500 g/mol. The van der Waals surface area contributed by atoms with Crippen molar-refractivity contribution >= 4 is 29.9 Å². The summed E-state index contributed by atoms with van der Waals surface area (Å²) in [6, 6.07) is 8.07. The van der Waals surface area contributed by atoms with Crippen LogP contribution in [0.1, 0.15) is 49.8 Å². The number of piperidine rings is 1. The van der Waals surface area contributed by atoms with Gasteiger partial charge in [0.2, 0.25) is 0 Å². The average Bonchev–Trinajstić information content (AvgIpc) is 3.14. The van der Waals surface area contributed by atoms with Crippen LogP contribution in [0.2, 0.25) is 0 Å². The van der Waals surface area contributed by atoms with Crippen molar-refractivity contribution in [1.29, 1.82) is 0 Å². The van der Waals surface area contributed by atoms with E-state index in [0.29, 0.717) is 6.54 Å². The largest absolute Gasteiger partial charge is 0.386 e. The number of aliphatic hydroxyl groups excluding tert-OH is 1. The molecule has 1 aromatic rings. The van der Waals surface area contributed by atoms with E-state index in [4.69, 9.17) is 4.99 Å². The first-order valence-corrected chi connectivity index (χ1v) is 10.7. The second-order valence-corrected chi connectivity index (χ2v) is 8.08. The molecular formula is C22H37IN4O. The normalized spacial score (nSPS) is 22.0. The van der Waals surface area contributed by atoms with Crippen molar-refractivity contribution in [2.45, 2.75) is 45.6 Å². The Bertz CT molecular complexity index is 601.